The molecule has 5 rings (SSSR count). The van der Waals surface area contributed by atoms with Crippen molar-refractivity contribution >= 4 is 6.29 Å². The highest BCUT2D eigenvalue weighted by molar-refractivity contribution is 5.76. The molecule has 0 N–H and O–H groups in total. The third-order valence-corrected chi connectivity index (χ3v) is 6.48. The van der Waals surface area contributed by atoms with E-state index in [1.54, 1.807) is 7.11 Å². The molecule has 0 aromatic heterocycles. The standard InChI is InChI=1S/C21H28O4/c1-23-4-5-24-14-25-20-9-15(13-22)2-3-19(20)21-10-16-6-17(11-21)8-18(7-16)12-21/h2-3,9,13,16-18H,4-8,10-12,14H2,1H3. The van der Waals surface area contributed by atoms with Crippen molar-refractivity contribution in [1.29, 1.82) is 0 Å². The van der Waals surface area contributed by atoms with Gasteiger partial charge in [0.1, 0.15) is 12.0 Å². The van der Waals surface area contributed by atoms with Gasteiger partial charge in [-0.05, 0) is 67.8 Å². The monoisotopic (exact) mass is 344 g/mol. The maximum atomic E-state index is 11.2. The van der Waals surface area contributed by atoms with Crippen LogP contribution >= 0.6 is 0 Å². The molecule has 4 saturated carbocycles. The van der Waals surface area contributed by atoms with E-state index in [-0.39, 0.29) is 12.2 Å². The average molecular weight is 344 g/mol. The van der Waals surface area contributed by atoms with Gasteiger partial charge in [0, 0.05) is 18.2 Å². The van der Waals surface area contributed by atoms with Crippen LogP contribution in [-0.4, -0.2) is 33.4 Å². The topological polar surface area (TPSA) is 44.8 Å². The minimum absolute atomic E-state index is 0.199. The van der Waals surface area contributed by atoms with Crippen LogP contribution in [0.2, 0.25) is 0 Å². The van der Waals surface area contributed by atoms with Gasteiger partial charge in [0.15, 0.2) is 6.79 Å². The summed E-state index contributed by atoms with van der Waals surface area (Å²) in [6.45, 7) is 1.27. The third-order valence-electron chi connectivity index (χ3n) is 6.48. The minimum atomic E-state index is 0.199. The Bertz CT molecular complexity index is 589. The van der Waals surface area contributed by atoms with Crippen molar-refractivity contribution in [3.8, 4) is 5.75 Å². The van der Waals surface area contributed by atoms with Crippen molar-refractivity contribution < 1.29 is 19.0 Å². The number of carbonyl (C=O) groups is 1. The molecule has 4 nitrogen and oxygen atoms in total. The summed E-state index contributed by atoms with van der Waals surface area (Å²) in [5.74, 6) is 3.47. The quantitative estimate of drug-likeness (QED) is 0.407. The van der Waals surface area contributed by atoms with Crippen LogP contribution in [0.3, 0.4) is 0 Å². The Morgan fingerprint density at radius 2 is 1.76 bits per heavy atom. The molecule has 136 valence electrons. The van der Waals surface area contributed by atoms with Gasteiger partial charge in [-0.15, -0.1) is 0 Å². The van der Waals surface area contributed by atoms with Crippen LogP contribution in [0.25, 0.3) is 0 Å². The van der Waals surface area contributed by atoms with Gasteiger partial charge >= 0.3 is 0 Å². The molecule has 4 bridgehead atoms. The predicted octanol–water partition coefficient (Wildman–Crippen LogP) is 3.97. The van der Waals surface area contributed by atoms with Crippen LogP contribution in [0.4, 0.5) is 0 Å². The Kier molecular flexibility index (Phi) is 4.83. The summed E-state index contributed by atoms with van der Waals surface area (Å²) in [4.78, 5) is 11.2. The van der Waals surface area contributed by atoms with Crippen LogP contribution in [0.1, 0.15) is 54.4 Å². The molecule has 1 aromatic rings. The van der Waals surface area contributed by atoms with E-state index in [1.165, 1.54) is 44.1 Å². The molecule has 1 aromatic carbocycles. The second kappa shape index (κ2) is 7.08. The van der Waals surface area contributed by atoms with E-state index in [0.717, 1.165) is 29.8 Å². The van der Waals surface area contributed by atoms with Crippen LogP contribution in [0.5, 0.6) is 5.75 Å². The second-order valence-corrected chi connectivity index (χ2v) is 8.23. The van der Waals surface area contributed by atoms with Gasteiger partial charge in [-0.1, -0.05) is 12.1 Å². The fourth-order valence-electron chi connectivity index (χ4n) is 5.92. The second-order valence-electron chi connectivity index (χ2n) is 8.23. The number of methoxy groups -OCH3 is 1. The number of aldehydes is 1. The van der Waals surface area contributed by atoms with Gasteiger partial charge in [-0.3, -0.25) is 4.79 Å². The first kappa shape index (κ1) is 17.0. The van der Waals surface area contributed by atoms with E-state index in [0.29, 0.717) is 18.8 Å². The summed E-state index contributed by atoms with van der Waals surface area (Å²) in [6, 6.07) is 5.97. The Morgan fingerprint density at radius 3 is 2.36 bits per heavy atom. The lowest BCUT2D eigenvalue weighted by Crippen LogP contribution is -2.48. The first-order chi connectivity index (χ1) is 12.2. The van der Waals surface area contributed by atoms with Gasteiger partial charge in [-0.25, -0.2) is 0 Å². The highest BCUT2D eigenvalue weighted by atomic mass is 16.7. The lowest BCUT2D eigenvalue weighted by Gasteiger charge is -2.57. The number of benzene rings is 1. The largest absolute Gasteiger partial charge is 0.467 e. The molecular weight excluding hydrogens is 316 g/mol. The fraction of sp³-hybridized carbons (Fsp3) is 0.667. The Balaban J connectivity index is 1.57. The molecule has 4 aliphatic carbocycles. The molecule has 4 fully saturated rings. The number of ether oxygens (including phenoxy) is 3. The van der Waals surface area contributed by atoms with Gasteiger partial charge in [0.2, 0.25) is 0 Å². The summed E-state index contributed by atoms with van der Waals surface area (Å²) in [6.07, 6.45) is 8.98. The average Bonchev–Trinajstić information content (AvgIpc) is 2.60. The van der Waals surface area contributed by atoms with Crippen LogP contribution in [-0.2, 0) is 14.9 Å². The summed E-state index contributed by atoms with van der Waals surface area (Å²) in [5.41, 5.74) is 2.21. The van der Waals surface area contributed by atoms with Crippen LogP contribution < -0.4 is 4.74 Å². The predicted molar refractivity (Wildman–Crippen MR) is 95.0 cm³/mol. The van der Waals surface area contributed by atoms with E-state index in [2.05, 4.69) is 6.07 Å². The molecule has 0 heterocycles. The number of rotatable bonds is 8. The smallest absolute Gasteiger partial charge is 0.189 e. The van der Waals surface area contributed by atoms with E-state index in [9.17, 15) is 4.79 Å². The molecular formula is C21H28O4. The highest BCUT2D eigenvalue weighted by Crippen LogP contribution is 2.61. The fourth-order valence-corrected chi connectivity index (χ4v) is 5.92. The van der Waals surface area contributed by atoms with Crippen LogP contribution in [0.15, 0.2) is 18.2 Å². The van der Waals surface area contributed by atoms with Gasteiger partial charge in [-0.2, -0.15) is 0 Å². The van der Waals surface area contributed by atoms with E-state index < -0.39 is 0 Å². The van der Waals surface area contributed by atoms with Gasteiger partial charge in [0.05, 0.1) is 13.2 Å². The molecule has 0 spiro atoms. The minimum Gasteiger partial charge on any atom is -0.467 e. The molecule has 4 aliphatic rings. The first-order valence-corrected chi connectivity index (χ1v) is 9.51. The zero-order valence-corrected chi connectivity index (χ0v) is 15.0. The maximum absolute atomic E-state index is 11.2. The Labute approximate surface area is 149 Å². The van der Waals surface area contributed by atoms with Gasteiger partial charge in [0.25, 0.3) is 0 Å². The number of hydrogen-bond acceptors (Lipinski definition) is 4. The number of carbonyl (C=O) groups excluding carboxylic acids is 1. The molecule has 4 heteroatoms. The molecule has 0 unspecified atom stereocenters. The zero-order valence-electron chi connectivity index (χ0n) is 15.0. The van der Waals surface area contributed by atoms with Gasteiger partial charge < -0.3 is 14.2 Å². The van der Waals surface area contributed by atoms with Crippen molar-refractivity contribution in [2.45, 2.75) is 43.9 Å². The Hall–Kier alpha value is -1.39. The van der Waals surface area contributed by atoms with E-state index >= 15 is 0 Å². The van der Waals surface area contributed by atoms with E-state index in [1.807, 2.05) is 12.1 Å². The summed E-state index contributed by atoms with van der Waals surface area (Å²) in [5, 5.41) is 0. The lowest BCUT2D eigenvalue weighted by atomic mass is 9.48. The summed E-state index contributed by atoms with van der Waals surface area (Å²) >= 11 is 0. The number of hydrogen-bond donors (Lipinski definition) is 0. The summed E-state index contributed by atoms with van der Waals surface area (Å²) in [7, 11) is 1.66. The van der Waals surface area contributed by atoms with Crippen molar-refractivity contribution in [2.24, 2.45) is 17.8 Å². The summed E-state index contributed by atoms with van der Waals surface area (Å²) < 4.78 is 16.5. The maximum Gasteiger partial charge on any atom is 0.189 e. The van der Waals surface area contributed by atoms with Crippen molar-refractivity contribution in [2.75, 3.05) is 27.1 Å². The van der Waals surface area contributed by atoms with Crippen LogP contribution in [0, 0.1) is 17.8 Å². The highest BCUT2D eigenvalue weighted by Gasteiger charge is 2.52. The SMILES string of the molecule is COCCOCOc1cc(C=O)ccc1C12CC3CC(CC(C3)C1)C2. The molecule has 0 amide bonds. The molecule has 0 radical (unpaired) electrons. The third kappa shape index (κ3) is 3.34. The zero-order chi connectivity index (χ0) is 17.3. The molecule has 0 aliphatic heterocycles. The van der Waals surface area contributed by atoms with E-state index in [4.69, 9.17) is 14.2 Å². The molecule has 0 atom stereocenters. The molecule has 25 heavy (non-hydrogen) atoms. The Morgan fingerprint density at radius 1 is 1.08 bits per heavy atom. The van der Waals surface area contributed by atoms with Crippen molar-refractivity contribution in [3.63, 3.8) is 0 Å². The normalized spacial score (nSPS) is 32.8. The first-order valence-electron chi connectivity index (χ1n) is 9.51. The molecule has 0 saturated heterocycles. The van der Waals surface area contributed by atoms with Crippen molar-refractivity contribution in [1.82, 2.24) is 0 Å². The van der Waals surface area contributed by atoms with Crippen molar-refractivity contribution in [3.05, 3.63) is 29.3 Å². The lowest BCUT2D eigenvalue weighted by molar-refractivity contribution is -0.0189.